The van der Waals surface area contributed by atoms with E-state index in [1.807, 2.05) is 11.3 Å². The third kappa shape index (κ3) is 4.76. The van der Waals surface area contributed by atoms with Crippen molar-refractivity contribution in [2.45, 2.75) is 0 Å². The summed E-state index contributed by atoms with van der Waals surface area (Å²) in [6.07, 6.45) is 0. The van der Waals surface area contributed by atoms with E-state index >= 15 is 0 Å². The van der Waals surface area contributed by atoms with Crippen molar-refractivity contribution < 1.29 is 0 Å². The smallest absolute Gasteiger partial charge is 0.0540 e. The molecule has 0 atom stereocenters. The highest BCUT2D eigenvalue weighted by molar-refractivity contribution is 7.26. The summed E-state index contributed by atoms with van der Waals surface area (Å²) in [4.78, 5) is 2.42. The number of hydrogen-bond donors (Lipinski definition) is 0. The molecule has 0 unspecified atom stereocenters. The maximum atomic E-state index is 2.42. The van der Waals surface area contributed by atoms with Crippen LogP contribution < -0.4 is 4.90 Å². The van der Waals surface area contributed by atoms with Gasteiger partial charge in [0.25, 0.3) is 0 Å². The van der Waals surface area contributed by atoms with Gasteiger partial charge in [-0.1, -0.05) is 140 Å². The molecule has 10 aromatic rings. The highest BCUT2D eigenvalue weighted by Gasteiger charge is 2.19. The van der Waals surface area contributed by atoms with Crippen LogP contribution in [0.4, 0.5) is 17.1 Å². The summed E-state index contributed by atoms with van der Waals surface area (Å²) in [5, 5.41) is 10.2. The predicted octanol–water partition coefficient (Wildman–Crippen LogP) is 14.3. The quantitative estimate of drug-likeness (QED) is 0.167. The first-order valence-corrected chi connectivity index (χ1v) is 17.9. The largest absolute Gasteiger partial charge is 0.310 e. The van der Waals surface area contributed by atoms with Gasteiger partial charge in [-0.3, -0.25) is 0 Å². The highest BCUT2D eigenvalue weighted by atomic mass is 32.1. The zero-order chi connectivity index (χ0) is 33.0. The molecule has 1 aromatic heterocycles. The topological polar surface area (TPSA) is 3.24 Å². The van der Waals surface area contributed by atoms with Crippen LogP contribution in [0.5, 0.6) is 0 Å². The summed E-state index contributed by atoms with van der Waals surface area (Å²) in [6, 6.07) is 68.7. The lowest BCUT2D eigenvalue weighted by Gasteiger charge is -2.28. The van der Waals surface area contributed by atoms with E-state index in [9.17, 15) is 0 Å². The monoisotopic (exact) mass is 653 g/mol. The van der Waals surface area contributed by atoms with Gasteiger partial charge >= 0.3 is 0 Å². The summed E-state index contributed by atoms with van der Waals surface area (Å²) in [5.74, 6) is 0. The normalized spacial score (nSPS) is 11.6. The number of nitrogens with zero attached hydrogens (tertiary/aromatic N) is 1. The fraction of sp³-hybridized carbons (Fsp3) is 0. The zero-order valence-corrected chi connectivity index (χ0v) is 28.1. The first-order chi connectivity index (χ1) is 24.8. The van der Waals surface area contributed by atoms with E-state index in [1.165, 1.54) is 74.7 Å². The Kier molecular flexibility index (Phi) is 6.75. The third-order valence-corrected chi connectivity index (χ3v) is 11.1. The summed E-state index contributed by atoms with van der Waals surface area (Å²) >= 11 is 1.88. The number of thiophene rings is 1. The molecule has 1 nitrogen and oxygen atoms in total. The van der Waals surface area contributed by atoms with Gasteiger partial charge in [0.05, 0.1) is 5.69 Å². The molecule has 0 spiro atoms. The number of para-hydroxylation sites is 1. The van der Waals surface area contributed by atoms with Gasteiger partial charge in [0.1, 0.15) is 0 Å². The summed E-state index contributed by atoms with van der Waals surface area (Å²) in [6.45, 7) is 0. The molecule has 0 aliphatic carbocycles. The number of benzene rings is 9. The maximum Gasteiger partial charge on any atom is 0.0540 e. The van der Waals surface area contributed by atoms with Gasteiger partial charge in [-0.05, 0) is 97.5 Å². The van der Waals surface area contributed by atoms with Crippen LogP contribution >= 0.6 is 11.3 Å². The standard InChI is InChI=1S/C48H31NS/c1-2-11-32(12-3-1)41-17-8-9-19-45(41)49(39-28-25-35-22-21-33-13-6-7-16-40(33)43(35)31-39)38-26-23-34(24-27-38)42-18-10-20-46-48(42)44-29-36-14-4-5-15-37(36)30-47(44)50-46/h1-31H. The minimum absolute atomic E-state index is 1.12. The Labute approximate surface area is 294 Å². The van der Waals surface area contributed by atoms with Crippen molar-refractivity contribution in [2.24, 2.45) is 0 Å². The average Bonchev–Trinajstić information content (AvgIpc) is 3.55. The number of hydrogen-bond acceptors (Lipinski definition) is 2. The van der Waals surface area contributed by atoms with E-state index in [2.05, 4.69) is 193 Å². The number of rotatable bonds is 5. The minimum Gasteiger partial charge on any atom is -0.310 e. The fourth-order valence-corrected chi connectivity index (χ4v) is 8.79. The second-order valence-corrected chi connectivity index (χ2v) is 14.0. The second kappa shape index (κ2) is 11.7. The second-order valence-electron chi connectivity index (χ2n) is 12.9. The van der Waals surface area contributed by atoms with E-state index in [1.54, 1.807) is 0 Å². The van der Waals surface area contributed by atoms with Crippen molar-refractivity contribution in [3.63, 3.8) is 0 Å². The molecule has 0 saturated carbocycles. The van der Waals surface area contributed by atoms with Gasteiger partial charge in [0, 0.05) is 37.1 Å². The number of fused-ring (bicyclic) bond motifs is 7. The lowest BCUT2D eigenvalue weighted by Crippen LogP contribution is -2.11. The predicted molar refractivity (Wildman–Crippen MR) is 217 cm³/mol. The zero-order valence-electron chi connectivity index (χ0n) is 27.3. The van der Waals surface area contributed by atoms with Crippen LogP contribution in [-0.4, -0.2) is 0 Å². The van der Waals surface area contributed by atoms with Crippen LogP contribution in [0.1, 0.15) is 0 Å². The fourth-order valence-electron chi connectivity index (χ4n) is 7.63. The third-order valence-electron chi connectivity index (χ3n) is 10.0. The molecule has 0 aliphatic rings. The van der Waals surface area contributed by atoms with E-state index in [0.29, 0.717) is 0 Å². The molecule has 0 N–H and O–H groups in total. The van der Waals surface area contributed by atoms with Crippen molar-refractivity contribution in [1.82, 2.24) is 0 Å². The molecular weight excluding hydrogens is 623 g/mol. The molecular formula is C48H31NS. The van der Waals surface area contributed by atoms with Gasteiger partial charge < -0.3 is 4.90 Å². The molecule has 0 radical (unpaired) electrons. The van der Waals surface area contributed by atoms with E-state index < -0.39 is 0 Å². The van der Waals surface area contributed by atoms with Crippen molar-refractivity contribution >= 4 is 80.9 Å². The van der Waals surface area contributed by atoms with Gasteiger partial charge in [-0.25, -0.2) is 0 Å². The molecule has 9 aromatic carbocycles. The van der Waals surface area contributed by atoms with Crippen molar-refractivity contribution in [2.75, 3.05) is 4.90 Å². The number of anilines is 3. The first-order valence-electron chi connectivity index (χ1n) is 17.1. The van der Waals surface area contributed by atoms with Crippen LogP contribution in [0.3, 0.4) is 0 Å². The maximum absolute atomic E-state index is 2.42. The van der Waals surface area contributed by atoms with Crippen LogP contribution in [0, 0.1) is 0 Å². The molecule has 234 valence electrons. The summed E-state index contributed by atoms with van der Waals surface area (Å²) < 4.78 is 2.65. The Hall–Kier alpha value is -6.22. The molecule has 10 rings (SSSR count). The molecule has 50 heavy (non-hydrogen) atoms. The average molecular weight is 654 g/mol. The van der Waals surface area contributed by atoms with Crippen LogP contribution in [0.25, 0.3) is 74.7 Å². The molecule has 2 heteroatoms. The van der Waals surface area contributed by atoms with E-state index in [4.69, 9.17) is 0 Å². The van der Waals surface area contributed by atoms with Crippen LogP contribution in [0.15, 0.2) is 188 Å². The van der Waals surface area contributed by atoms with Gasteiger partial charge in [0.15, 0.2) is 0 Å². The van der Waals surface area contributed by atoms with Crippen molar-refractivity contribution in [1.29, 1.82) is 0 Å². The Morgan fingerprint density at radius 3 is 1.80 bits per heavy atom. The summed E-state index contributed by atoms with van der Waals surface area (Å²) in [5.41, 5.74) is 8.25. The lowest BCUT2D eigenvalue weighted by atomic mass is 9.97. The van der Waals surface area contributed by atoms with Crippen LogP contribution in [0.2, 0.25) is 0 Å². The van der Waals surface area contributed by atoms with Gasteiger partial charge in [-0.2, -0.15) is 0 Å². The minimum atomic E-state index is 1.12. The Bertz CT molecular complexity index is 2870. The molecule has 0 bridgehead atoms. The van der Waals surface area contributed by atoms with Gasteiger partial charge in [-0.15, -0.1) is 11.3 Å². The molecule has 0 fully saturated rings. The Morgan fingerprint density at radius 2 is 0.960 bits per heavy atom. The van der Waals surface area contributed by atoms with Crippen molar-refractivity contribution in [3.05, 3.63) is 188 Å². The molecule has 0 aliphatic heterocycles. The Morgan fingerprint density at radius 1 is 0.340 bits per heavy atom. The Balaban J connectivity index is 1.16. The van der Waals surface area contributed by atoms with Gasteiger partial charge in [0.2, 0.25) is 0 Å². The molecule has 0 saturated heterocycles. The SMILES string of the molecule is c1ccc(-c2ccccc2N(c2ccc(-c3cccc4sc5cc6ccccc6cc5c34)cc2)c2ccc3ccc4ccccc4c3c2)cc1. The van der Waals surface area contributed by atoms with E-state index in [0.717, 1.165) is 17.1 Å². The molecule has 1 heterocycles. The van der Waals surface area contributed by atoms with Crippen LogP contribution in [-0.2, 0) is 0 Å². The van der Waals surface area contributed by atoms with Crippen molar-refractivity contribution in [3.8, 4) is 22.3 Å². The van der Waals surface area contributed by atoms with E-state index in [-0.39, 0.29) is 0 Å². The highest BCUT2D eigenvalue weighted by Crippen LogP contribution is 2.45. The summed E-state index contributed by atoms with van der Waals surface area (Å²) in [7, 11) is 0. The first kappa shape index (κ1) is 28.8. The molecule has 0 amide bonds. The lowest BCUT2D eigenvalue weighted by molar-refractivity contribution is 1.29.